The summed E-state index contributed by atoms with van der Waals surface area (Å²) in [6, 6.07) is 8.12. The number of nitrogens with zero attached hydrogens (tertiary/aromatic N) is 2. The van der Waals surface area contributed by atoms with Gasteiger partial charge in [0.05, 0.1) is 9.85 Å². The molecular weight excluding hydrogens is 348 g/mol. The number of para-hydroxylation sites is 1. The Bertz CT molecular complexity index is 643. The minimum atomic E-state index is 0.143. The van der Waals surface area contributed by atoms with Crippen molar-refractivity contribution in [2.24, 2.45) is 7.05 Å². The van der Waals surface area contributed by atoms with Crippen LogP contribution in [0.4, 0.5) is 0 Å². The highest BCUT2D eigenvalue weighted by Gasteiger charge is 2.32. The molecule has 1 fully saturated rings. The molecule has 0 radical (unpaired) electrons. The molecule has 1 aliphatic heterocycles. The zero-order valence-corrected chi connectivity index (χ0v) is 14.7. The van der Waals surface area contributed by atoms with Crippen molar-refractivity contribution >= 4 is 44.5 Å². The van der Waals surface area contributed by atoms with Crippen LogP contribution >= 0.6 is 27.7 Å². The molecule has 2 heterocycles. The summed E-state index contributed by atoms with van der Waals surface area (Å²) < 4.78 is 2.92. The number of fused-ring (bicyclic) bond motifs is 1. The molecule has 0 spiro atoms. The Morgan fingerprint density at radius 1 is 1.43 bits per heavy atom. The quantitative estimate of drug-likeness (QED) is 0.810. The maximum atomic E-state index is 13.0. The highest BCUT2D eigenvalue weighted by Crippen LogP contribution is 2.34. The number of amides is 1. The molecule has 3 nitrogen and oxygen atoms in total. The third kappa shape index (κ3) is 2.50. The molecule has 1 atom stereocenters. The van der Waals surface area contributed by atoms with E-state index in [0.717, 1.165) is 46.2 Å². The number of rotatable bonds is 3. The zero-order valence-electron chi connectivity index (χ0n) is 12.3. The molecule has 0 saturated carbocycles. The average molecular weight is 367 g/mol. The van der Waals surface area contributed by atoms with Crippen LogP contribution < -0.4 is 0 Å². The van der Waals surface area contributed by atoms with Crippen LogP contribution in [0.3, 0.4) is 0 Å². The summed E-state index contributed by atoms with van der Waals surface area (Å²) >= 11 is 5.53. The van der Waals surface area contributed by atoms with Crippen LogP contribution in [-0.2, 0) is 7.05 Å². The second-order valence-corrected chi connectivity index (χ2v) is 7.43. The van der Waals surface area contributed by atoms with E-state index in [2.05, 4.69) is 35.0 Å². The summed E-state index contributed by atoms with van der Waals surface area (Å²) in [6.45, 7) is 3.02. The van der Waals surface area contributed by atoms with Crippen molar-refractivity contribution in [3.63, 3.8) is 0 Å². The third-order valence-electron chi connectivity index (χ3n) is 4.03. The number of carbonyl (C=O) groups excluding carboxylic acids is 1. The molecule has 112 valence electrons. The predicted molar refractivity (Wildman–Crippen MR) is 92.8 cm³/mol. The summed E-state index contributed by atoms with van der Waals surface area (Å²) in [6.07, 6.45) is 2.18. The Morgan fingerprint density at radius 3 is 2.90 bits per heavy atom. The SMILES string of the molecule is CCCC1SCCN1C(=O)c1c(Br)c2ccccc2n1C. The Morgan fingerprint density at radius 2 is 2.19 bits per heavy atom. The van der Waals surface area contributed by atoms with Gasteiger partial charge in [0.15, 0.2) is 0 Å². The van der Waals surface area contributed by atoms with Crippen molar-refractivity contribution in [1.82, 2.24) is 9.47 Å². The third-order valence-corrected chi connectivity index (χ3v) is 6.13. The van der Waals surface area contributed by atoms with Crippen molar-refractivity contribution in [3.8, 4) is 0 Å². The van der Waals surface area contributed by atoms with Gasteiger partial charge in [0.25, 0.3) is 5.91 Å². The smallest absolute Gasteiger partial charge is 0.272 e. The first-order chi connectivity index (χ1) is 10.1. The van der Waals surface area contributed by atoms with E-state index in [4.69, 9.17) is 0 Å². The second kappa shape index (κ2) is 6.05. The fourth-order valence-electron chi connectivity index (χ4n) is 2.96. The lowest BCUT2D eigenvalue weighted by Gasteiger charge is -2.24. The first-order valence-electron chi connectivity index (χ1n) is 7.30. The van der Waals surface area contributed by atoms with Gasteiger partial charge in [-0.15, -0.1) is 11.8 Å². The topological polar surface area (TPSA) is 25.2 Å². The number of carbonyl (C=O) groups is 1. The van der Waals surface area contributed by atoms with E-state index in [1.165, 1.54) is 0 Å². The highest BCUT2D eigenvalue weighted by atomic mass is 79.9. The van der Waals surface area contributed by atoms with Gasteiger partial charge in [-0.3, -0.25) is 4.79 Å². The lowest BCUT2D eigenvalue weighted by Crippen LogP contribution is -2.36. The first-order valence-corrected chi connectivity index (χ1v) is 9.14. The van der Waals surface area contributed by atoms with E-state index in [9.17, 15) is 4.79 Å². The van der Waals surface area contributed by atoms with Crippen LogP contribution in [0.2, 0.25) is 0 Å². The van der Waals surface area contributed by atoms with Gasteiger partial charge in [-0.25, -0.2) is 0 Å². The largest absolute Gasteiger partial charge is 0.339 e. The Balaban J connectivity index is 2.02. The normalized spacial score (nSPS) is 18.6. The molecule has 1 aromatic carbocycles. The molecule has 1 aromatic heterocycles. The van der Waals surface area contributed by atoms with E-state index in [1.807, 2.05) is 40.4 Å². The fraction of sp³-hybridized carbons (Fsp3) is 0.438. The van der Waals surface area contributed by atoms with Crippen LogP contribution in [0.15, 0.2) is 28.7 Å². The van der Waals surface area contributed by atoms with Gasteiger partial charge in [-0.2, -0.15) is 0 Å². The summed E-state index contributed by atoms with van der Waals surface area (Å²) in [7, 11) is 1.97. The minimum absolute atomic E-state index is 0.143. The van der Waals surface area contributed by atoms with Crippen LogP contribution in [0.1, 0.15) is 30.3 Å². The van der Waals surface area contributed by atoms with Gasteiger partial charge >= 0.3 is 0 Å². The van der Waals surface area contributed by atoms with Crippen molar-refractivity contribution in [3.05, 3.63) is 34.4 Å². The molecular formula is C16H19BrN2OS. The van der Waals surface area contributed by atoms with Crippen LogP contribution in [0.5, 0.6) is 0 Å². The van der Waals surface area contributed by atoms with E-state index in [1.54, 1.807) is 0 Å². The molecule has 1 aliphatic rings. The monoisotopic (exact) mass is 366 g/mol. The number of thioether (sulfide) groups is 1. The molecule has 0 aliphatic carbocycles. The summed E-state index contributed by atoms with van der Waals surface area (Å²) in [5.41, 5.74) is 1.85. The van der Waals surface area contributed by atoms with Crippen LogP contribution in [0, 0.1) is 0 Å². The lowest BCUT2D eigenvalue weighted by molar-refractivity contribution is 0.0746. The standard InChI is InChI=1S/C16H19BrN2OS/c1-3-6-13-19(9-10-21-13)16(20)15-14(17)11-7-4-5-8-12(11)18(15)2/h4-5,7-8,13H,3,6,9-10H2,1-2H3. The van der Waals surface area contributed by atoms with Crippen LogP contribution in [-0.4, -0.2) is 33.0 Å². The van der Waals surface area contributed by atoms with Gasteiger partial charge in [0.1, 0.15) is 5.69 Å². The Kier molecular flexibility index (Phi) is 4.31. The zero-order chi connectivity index (χ0) is 15.0. The number of hydrogen-bond acceptors (Lipinski definition) is 2. The summed E-state index contributed by atoms with van der Waals surface area (Å²) in [5, 5.41) is 1.43. The Hall–Kier alpha value is -0.940. The molecule has 21 heavy (non-hydrogen) atoms. The maximum absolute atomic E-state index is 13.0. The van der Waals surface area contributed by atoms with E-state index in [-0.39, 0.29) is 5.91 Å². The second-order valence-electron chi connectivity index (χ2n) is 5.35. The van der Waals surface area contributed by atoms with Crippen molar-refractivity contribution in [2.45, 2.75) is 25.1 Å². The molecule has 3 rings (SSSR count). The predicted octanol–water partition coefficient (Wildman–Crippen LogP) is 4.26. The van der Waals surface area contributed by atoms with Gasteiger partial charge in [0.2, 0.25) is 0 Å². The van der Waals surface area contributed by atoms with Gasteiger partial charge in [0, 0.05) is 30.2 Å². The number of aromatic nitrogens is 1. The molecule has 1 unspecified atom stereocenters. The molecule has 0 bridgehead atoms. The molecule has 1 amide bonds. The van der Waals surface area contributed by atoms with E-state index >= 15 is 0 Å². The van der Waals surface area contributed by atoms with Gasteiger partial charge < -0.3 is 9.47 Å². The van der Waals surface area contributed by atoms with Gasteiger partial charge in [-0.05, 0) is 28.4 Å². The summed E-state index contributed by atoms with van der Waals surface area (Å²) in [4.78, 5) is 15.0. The highest BCUT2D eigenvalue weighted by molar-refractivity contribution is 9.10. The minimum Gasteiger partial charge on any atom is -0.339 e. The molecule has 2 aromatic rings. The molecule has 1 saturated heterocycles. The first kappa shape index (κ1) is 15.0. The maximum Gasteiger partial charge on any atom is 0.272 e. The fourth-order valence-corrected chi connectivity index (χ4v) is 5.09. The van der Waals surface area contributed by atoms with E-state index in [0.29, 0.717) is 5.37 Å². The van der Waals surface area contributed by atoms with Crippen molar-refractivity contribution in [2.75, 3.05) is 12.3 Å². The number of halogens is 1. The molecule has 0 N–H and O–H groups in total. The van der Waals surface area contributed by atoms with E-state index < -0.39 is 0 Å². The lowest BCUT2D eigenvalue weighted by atomic mass is 10.2. The van der Waals surface area contributed by atoms with Gasteiger partial charge in [-0.1, -0.05) is 31.5 Å². The average Bonchev–Trinajstić information content (AvgIpc) is 3.04. The van der Waals surface area contributed by atoms with Crippen molar-refractivity contribution in [1.29, 1.82) is 0 Å². The van der Waals surface area contributed by atoms with Crippen molar-refractivity contribution < 1.29 is 4.79 Å². The summed E-state index contributed by atoms with van der Waals surface area (Å²) in [5.74, 6) is 1.18. The molecule has 5 heteroatoms. The van der Waals surface area contributed by atoms with Crippen LogP contribution in [0.25, 0.3) is 10.9 Å². The number of hydrogen-bond donors (Lipinski definition) is 0. The number of benzene rings is 1. The Labute approximate surface area is 137 Å². The number of aryl methyl sites for hydroxylation is 1.